The Morgan fingerprint density at radius 1 is 1.21 bits per heavy atom. The van der Waals surface area contributed by atoms with Gasteiger partial charge in [0.05, 0.1) is 10.7 Å². The Morgan fingerprint density at radius 3 is 2.68 bits per heavy atom. The zero-order valence-electron chi connectivity index (χ0n) is 14.6. The van der Waals surface area contributed by atoms with Crippen molar-refractivity contribution in [3.05, 3.63) is 59.1 Å². The van der Waals surface area contributed by atoms with Gasteiger partial charge in [0, 0.05) is 30.5 Å². The van der Waals surface area contributed by atoms with Gasteiger partial charge in [-0.25, -0.2) is 14.1 Å². The number of benzene rings is 1. The van der Waals surface area contributed by atoms with Crippen LogP contribution in [-0.4, -0.2) is 46.4 Å². The van der Waals surface area contributed by atoms with E-state index in [2.05, 4.69) is 10.3 Å². The fourth-order valence-electron chi connectivity index (χ4n) is 3.57. The maximum atomic E-state index is 13.4. The number of rotatable bonds is 3. The average Bonchev–Trinajstić information content (AvgIpc) is 2.95. The minimum Gasteiger partial charge on any atom is -0.349 e. The van der Waals surface area contributed by atoms with E-state index in [9.17, 15) is 18.8 Å². The van der Waals surface area contributed by atoms with E-state index in [-0.39, 0.29) is 22.7 Å². The second-order valence-electron chi connectivity index (χ2n) is 6.69. The Hall–Kier alpha value is -3.00. The topological polar surface area (TPSA) is 82.6 Å². The molecule has 9 heteroatoms. The SMILES string of the molecule is O=C(NC1CCN2C(=O)N(c3ccc(F)c(Cl)c3)C(=O)C2C1)c1ccncc1. The summed E-state index contributed by atoms with van der Waals surface area (Å²) in [5.74, 6) is -1.28. The van der Waals surface area contributed by atoms with E-state index in [1.54, 1.807) is 12.1 Å². The summed E-state index contributed by atoms with van der Waals surface area (Å²) in [6.45, 7) is 0.335. The first-order chi connectivity index (χ1) is 13.5. The van der Waals surface area contributed by atoms with Crippen LogP contribution in [0.5, 0.6) is 0 Å². The predicted octanol–water partition coefficient (Wildman–Crippen LogP) is 2.60. The molecule has 1 aromatic carbocycles. The van der Waals surface area contributed by atoms with Crippen molar-refractivity contribution in [3.8, 4) is 0 Å². The summed E-state index contributed by atoms with van der Waals surface area (Å²) in [6, 6.07) is 5.56. The number of aromatic nitrogens is 1. The van der Waals surface area contributed by atoms with E-state index in [0.717, 1.165) is 11.0 Å². The van der Waals surface area contributed by atoms with Crippen LogP contribution in [0, 0.1) is 5.82 Å². The summed E-state index contributed by atoms with van der Waals surface area (Å²) in [5, 5.41) is 2.75. The first-order valence-corrected chi connectivity index (χ1v) is 9.14. The normalized spacial score (nSPS) is 21.6. The molecule has 2 aliphatic rings. The lowest BCUT2D eigenvalue weighted by Gasteiger charge is -2.32. The van der Waals surface area contributed by atoms with E-state index in [1.807, 2.05) is 0 Å². The van der Waals surface area contributed by atoms with Gasteiger partial charge in [0.2, 0.25) is 0 Å². The van der Waals surface area contributed by atoms with Gasteiger partial charge in [-0.15, -0.1) is 0 Å². The molecule has 0 radical (unpaired) electrons. The number of halogens is 2. The van der Waals surface area contributed by atoms with E-state index in [1.165, 1.54) is 29.4 Å². The second-order valence-corrected chi connectivity index (χ2v) is 7.10. The zero-order valence-corrected chi connectivity index (χ0v) is 15.4. The number of fused-ring (bicyclic) bond motifs is 1. The summed E-state index contributed by atoms with van der Waals surface area (Å²) >= 11 is 5.79. The molecule has 0 aliphatic carbocycles. The number of pyridine rings is 1. The number of carbonyl (C=O) groups is 3. The molecule has 2 saturated heterocycles. The first kappa shape index (κ1) is 18.4. The van der Waals surface area contributed by atoms with Crippen LogP contribution in [0.15, 0.2) is 42.7 Å². The van der Waals surface area contributed by atoms with E-state index in [4.69, 9.17) is 11.6 Å². The molecule has 0 spiro atoms. The number of hydrogen-bond donors (Lipinski definition) is 1. The van der Waals surface area contributed by atoms with Crippen molar-refractivity contribution in [1.29, 1.82) is 0 Å². The third-order valence-electron chi connectivity index (χ3n) is 4.98. The maximum Gasteiger partial charge on any atom is 0.332 e. The molecule has 2 fully saturated rings. The third kappa shape index (κ3) is 3.20. The largest absolute Gasteiger partial charge is 0.349 e. The number of piperidine rings is 1. The molecule has 144 valence electrons. The smallest absolute Gasteiger partial charge is 0.332 e. The molecule has 3 heterocycles. The van der Waals surface area contributed by atoms with Crippen molar-refractivity contribution < 1.29 is 18.8 Å². The predicted molar refractivity (Wildman–Crippen MR) is 99.5 cm³/mol. The van der Waals surface area contributed by atoms with Crippen molar-refractivity contribution in [2.75, 3.05) is 11.4 Å². The maximum absolute atomic E-state index is 13.4. The molecule has 4 rings (SSSR count). The lowest BCUT2D eigenvalue weighted by Crippen LogP contribution is -2.49. The van der Waals surface area contributed by atoms with E-state index in [0.29, 0.717) is 24.9 Å². The summed E-state index contributed by atoms with van der Waals surface area (Å²) in [6.07, 6.45) is 3.90. The number of urea groups is 1. The molecule has 4 amide bonds. The van der Waals surface area contributed by atoms with Crippen molar-refractivity contribution in [2.24, 2.45) is 0 Å². The number of hydrogen-bond acceptors (Lipinski definition) is 4. The number of anilines is 1. The Morgan fingerprint density at radius 2 is 1.96 bits per heavy atom. The van der Waals surface area contributed by atoms with Gasteiger partial charge in [-0.05, 0) is 43.2 Å². The molecular weight excluding hydrogens is 387 g/mol. The quantitative estimate of drug-likeness (QED) is 0.800. The van der Waals surface area contributed by atoms with Crippen LogP contribution in [0.1, 0.15) is 23.2 Å². The van der Waals surface area contributed by atoms with Crippen LogP contribution in [0.2, 0.25) is 5.02 Å². The minimum absolute atomic E-state index is 0.162. The third-order valence-corrected chi connectivity index (χ3v) is 5.27. The molecule has 0 bridgehead atoms. The van der Waals surface area contributed by atoms with Crippen LogP contribution in [-0.2, 0) is 4.79 Å². The minimum atomic E-state index is -0.673. The van der Waals surface area contributed by atoms with Gasteiger partial charge in [0.1, 0.15) is 11.9 Å². The van der Waals surface area contributed by atoms with Gasteiger partial charge in [-0.3, -0.25) is 14.6 Å². The number of nitrogens with zero attached hydrogens (tertiary/aromatic N) is 3. The number of nitrogens with one attached hydrogen (secondary N) is 1. The molecule has 2 atom stereocenters. The zero-order chi connectivity index (χ0) is 19.8. The molecule has 2 aromatic rings. The molecule has 28 heavy (non-hydrogen) atoms. The summed E-state index contributed by atoms with van der Waals surface area (Å²) in [5.41, 5.74) is 0.710. The summed E-state index contributed by atoms with van der Waals surface area (Å²) in [4.78, 5) is 44.3. The summed E-state index contributed by atoms with van der Waals surface area (Å²) in [7, 11) is 0. The van der Waals surface area contributed by atoms with Gasteiger partial charge in [0.25, 0.3) is 11.8 Å². The number of carbonyl (C=O) groups excluding carboxylic acids is 3. The molecule has 7 nitrogen and oxygen atoms in total. The molecule has 0 saturated carbocycles. The first-order valence-electron chi connectivity index (χ1n) is 8.76. The molecule has 1 N–H and O–H groups in total. The highest BCUT2D eigenvalue weighted by Crippen LogP contribution is 2.32. The van der Waals surface area contributed by atoms with Gasteiger partial charge >= 0.3 is 6.03 Å². The average molecular weight is 403 g/mol. The number of imide groups is 1. The fraction of sp³-hybridized carbons (Fsp3) is 0.263. The van der Waals surface area contributed by atoms with Crippen molar-refractivity contribution in [3.63, 3.8) is 0 Å². The van der Waals surface area contributed by atoms with Gasteiger partial charge in [-0.1, -0.05) is 11.6 Å². The van der Waals surface area contributed by atoms with Crippen molar-refractivity contribution >= 4 is 35.1 Å². The highest BCUT2D eigenvalue weighted by molar-refractivity contribution is 6.31. The van der Waals surface area contributed by atoms with Crippen LogP contribution in [0.25, 0.3) is 0 Å². The van der Waals surface area contributed by atoms with Crippen LogP contribution < -0.4 is 10.2 Å². The lowest BCUT2D eigenvalue weighted by molar-refractivity contribution is -0.120. The Kier molecular flexibility index (Phi) is 4.72. The Bertz CT molecular complexity index is 955. The van der Waals surface area contributed by atoms with Crippen molar-refractivity contribution in [2.45, 2.75) is 24.9 Å². The van der Waals surface area contributed by atoms with Gasteiger partial charge < -0.3 is 10.2 Å². The van der Waals surface area contributed by atoms with Crippen LogP contribution in [0.3, 0.4) is 0 Å². The number of amides is 4. The highest BCUT2D eigenvalue weighted by atomic mass is 35.5. The standard InChI is InChI=1S/C19H16ClFN4O3/c20-14-10-13(1-2-15(14)21)25-18(27)16-9-12(5-8-24(16)19(25)28)23-17(26)11-3-6-22-7-4-11/h1-4,6-7,10,12,16H,5,8-9H2,(H,23,26). The summed E-state index contributed by atoms with van der Waals surface area (Å²) < 4.78 is 13.4. The van der Waals surface area contributed by atoms with Crippen molar-refractivity contribution in [1.82, 2.24) is 15.2 Å². The van der Waals surface area contributed by atoms with Crippen LogP contribution in [0.4, 0.5) is 14.9 Å². The molecule has 2 aliphatic heterocycles. The lowest BCUT2D eigenvalue weighted by atomic mass is 9.97. The van der Waals surface area contributed by atoms with Gasteiger partial charge in [-0.2, -0.15) is 0 Å². The van der Waals surface area contributed by atoms with Gasteiger partial charge in [0.15, 0.2) is 0 Å². The highest BCUT2D eigenvalue weighted by Gasteiger charge is 2.48. The van der Waals surface area contributed by atoms with E-state index < -0.39 is 23.8 Å². The molecular formula is C19H16ClFN4O3. The monoisotopic (exact) mass is 402 g/mol. The second kappa shape index (κ2) is 7.20. The van der Waals surface area contributed by atoms with Crippen LogP contribution >= 0.6 is 11.6 Å². The molecule has 1 aromatic heterocycles. The van der Waals surface area contributed by atoms with E-state index >= 15 is 0 Å². The Labute approximate surface area is 165 Å². The fourth-order valence-corrected chi connectivity index (χ4v) is 3.74. The molecule has 2 unspecified atom stereocenters. The Balaban J connectivity index is 1.50.